The van der Waals surface area contributed by atoms with Crippen LogP contribution in [0.2, 0.25) is 0 Å². The number of ether oxygens (including phenoxy) is 2. The Hall–Kier alpha value is -2.51. The number of nitrogens with one attached hydrogen (secondary N) is 1. The maximum atomic E-state index is 13.6. The quantitative estimate of drug-likeness (QED) is 0.202. The van der Waals surface area contributed by atoms with E-state index in [0.29, 0.717) is 18.7 Å². The molecule has 0 aromatic heterocycles. The van der Waals surface area contributed by atoms with E-state index >= 15 is 0 Å². The standard InChI is InChI=1S/C25H36N3O9PS/c1-18(2)15-28(39(33,34)22-10-8-20(26)9-11-22)16-24(37-38(30,31)32)23(14-19-6-4-3-5-7-19)27-25(29)36-21-12-13-35-17-21/h3-11,18,21,23-24H,12-17,26H2,1-2H3,(H,27,29)(H2,30,31,32). The van der Waals surface area contributed by atoms with Gasteiger partial charge in [0.2, 0.25) is 10.0 Å². The molecule has 14 heteroatoms. The lowest BCUT2D eigenvalue weighted by molar-refractivity contribution is 0.0601. The molecule has 1 amide bonds. The third-order valence-corrected chi connectivity index (χ3v) is 8.35. The normalized spacial score (nSPS) is 17.7. The smallest absolute Gasteiger partial charge is 0.444 e. The minimum Gasteiger partial charge on any atom is -0.444 e. The molecule has 0 aliphatic carbocycles. The zero-order chi connectivity index (χ0) is 28.6. The van der Waals surface area contributed by atoms with Gasteiger partial charge in [0.1, 0.15) is 12.2 Å². The molecule has 0 spiro atoms. The van der Waals surface area contributed by atoms with Gasteiger partial charge in [-0.1, -0.05) is 44.2 Å². The molecule has 39 heavy (non-hydrogen) atoms. The Bertz CT molecular complexity index is 1220. The lowest BCUT2D eigenvalue weighted by Gasteiger charge is -2.33. The van der Waals surface area contributed by atoms with Crippen molar-refractivity contribution in [3.05, 3.63) is 60.2 Å². The summed E-state index contributed by atoms with van der Waals surface area (Å²) in [5.41, 5.74) is 6.82. The number of sulfonamides is 1. The second-order valence-corrected chi connectivity index (χ2v) is 12.9. The van der Waals surface area contributed by atoms with Crippen LogP contribution in [0, 0.1) is 5.92 Å². The SMILES string of the molecule is CC(C)CN(CC(OP(=O)(O)O)C(Cc1ccccc1)NC(=O)OC1CCOC1)S(=O)(=O)c1ccc(N)cc1. The van der Waals surface area contributed by atoms with Crippen molar-refractivity contribution in [2.75, 3.05) is 32.0 Å². The second-order valence-electron chi connectivity index (χ2n) is 9.75. The number of hydrogen-bond donors (Lipinski definition) is 4. The highest BCUT2D eigenvalue weighted by molar-refractivity contribution is 7.89. The molecule has 12 nitrogen and oxygen atoms in total. The summed E-state index contributed by atoms with van der Waals surface area (Å²) in [5.74, 6) is -0.142. The molecule has 1 fully saturated rings. The minimum atomic E-state index is -5.12. The molecule has 3 atom stereocenters. The molecule has 3 unspecified atom stereocenters. The molecule has 1 heterocycles. The molecule has 216 valence electrons. The number of benzene rings is 2. The van der Waals surface area contributed by atoms with Crippen LogP contribution in [0.15, 0.2) is 59.5 Å². The van der Waals surface area contributed by atoms with E-state index < -0.39 is 48.7 Å². The number of nitrogens with zero attached hydrogens (tertiary/aromatic N) is 1. The van der Waals surface area contributed by atoms with Crippen LogP contribution in [0.5, 0.6) is 0 Å². The van der Waals surface area contributed by atoms with Crippen LogP contribution >= 0.6 is 7.82 Å². The van der Waals surface area contributed by atoms with E-state index in [1.54, 1.807) is 30.3 Å². The summed E-state index contributed by atoms with van der Waals surface area (Å²) < 4.78 is 56.2. The predicted molar refractivity (Wildman–Crippen MR) is 144 cm³/mol. The zero-order valence-corrected chi connectivity index (χ0v) is 23.6. The van der Waals surface area contributed by atoms with Crippen molar-refractivity contribution in [3.8, 4) is 0 Å². The first-order chi connectivity index (χ1) is 18.3. The van der Waals surface area contributed by atoms with Gasteiger partial charge in [-0.2, -0.15) is 4.31 Å². The summed E-state index contributed by atoms with van der Waals surface area (Å²) in [6.07, 6.45) is -2.14. The number of amides is 1. The monoisotopic (exact) mass is 585 g/mol. The van der Waals surface area contributed by atoms with Gasteiger partial charge in [0.25, 0.3) is 0 Å². The zero-order valence-electron chi connectivity index (χ0n) is 21.9. The van der Waals surface area contributed by atoms with E-state index in [2.05, 4.69) is 5.32 Å². The first-order valence-electron chi connectivity index (χ1n) is 12.5. The Morgan fingerprint density at radius 1 is 1.15 bits per heavy atom. The number of hydrogen-bond acceptors (Lipinski definition) is 8. The lowest BCUT2D eigenvalue weighted by Crippen LogP contribution is -2.52. The molecule has 1 aliphatic rings. The summed E-state index contributed by atoms with van der Waals surface area (Å²) in [4.78, 5) is 32.3. The largest absolute Gasteiger partial charge is 0.469 e. The number of carbonyl (C=O) groups excluding carboxylic acids is 1. The van der Waals surface area contributed by atoms with Gasteiger partial charge in [-0.25, -0.2) is 17.8 Å². The summed E-state index contributed by atoms with van der Waals surface area (Å²) in [6.45, 7) is 3.87. The molecule has 0 bridgehead atoms. The molecule has 5 N–H and O–H groups in total. The van der Waals surface area contributed by atoms with Crippen LogP contribution in [0.25, 0.3) is 0 Å². The van der Waals surface area contributed by atoms with Crippen LogP contribution in [0.1, 0.15) is 25.8 Å². The fourth-order valence-electron chi connectivity index (χ4n) is 4.16. The van der Waals surface area contributed by atoms with E-state index in [1.165, 1.54) is 24.3 Å². The fraction of sp³-hybridized carbons (Fsp3) is 0.480. The maximum absolute atomic E-state index is 13.6. The Balaban J connectivity index is 1.96. The van der Waals surface area contributed by atoms with Gasteiger partial charge in [0.05, 0.1) is 24.2 Å². The van der Waals surface area contributed by atoms with Gasteiger partial charge in [0, 0.05) is 25.2 Å². The molecule has 2 aromatic carbocycles. The summed E-state index contributed by atoms with van der Waals surface area (Å²) in [6, 6.07) is 13.5. The molecule has 2 aromatic rings. The van der Waals surface area contributed by atoms with Crippen molar-refractivity contribution in [3.63, 3.8) is 0 Å². The first kappa shape index (κ1) is 31.0. The van der Waals surface area contributed by atoms with Crippen LogP contribution in [0.3, 0.4) is 0 Å². The van der Waals surface area contributed by atoms with Crippen LogP contribution < -0.4 is 11.1 Å². The maximum Gasteiger partial charge on any atom is 0.469 e. The predicted octanol–water partition coefficient (Wildman–Crippen LogP) is 2.52. The van der Waals surface area contributed by atoms with Gasteiger partial charge < -0.3 is 30.3 Å². The van der Waals surface area contributed by atoms with Gasteiger partial charge in [-0.15, -0.1) is 0 Å². The highest BCUT2D eigenvalue weighted by Crippen LogP contribution is 2.39. The van der Waals surface area contributed by atoms with Crippen LogP contribution in [-0.4, -0.2) is 73.2 Å². The number of alkyl carbamates (subject to hydrolysis) is 1. The van der Waals surface area contributed by atoms with E-state index in [4.69, 9.17) is 19.7 Å². The average Bonchev–Trinajstić information content (AvgIpc) is 3.35. The number of carbonyl (C=O) groups is 1. The Morgan fingerprint density at radius 3 is 2.38 bits per heavy atom. The summed E-state index contributed by atoms with van der Waals surface area (Å²) >= 11 is 0. The molecule has 0 radical (unpaired) electrons. The number of nitrogen functional groups attached to an aromatic ring is 1. The molecule has 1 aliphatic heterocycles. The first-order valence-corrected chi connectivity index (χ1v) is 15.5. The lowest BCUT2D eigenvalue weighted by atomic mass is 10.0. The van der Waals surface area contributed by atoms with Gasteiger partial charge in [-0.05, 0) is 42.2 Å². The van der Waals surface area contributed by atoms with E-state index in [0.717, 1.165) is 9.87 Å². The van der Waals surface area contributed by atoms with E-state index in [1.807, 2.05) is 13.8 Å². The molecular formula is C25H36N3O9PS. The number of phosphoric ester groups is 1. The third kappa shape index (κ3) is 9.87. The summed E-state index contributed by atoms with van der Waals surface area (Å²) in [5, 5.41) is 2.65. The number of phosphoric acid groups is 1. The highest BCUT2D eigenvalue weighted by atomic mass is 32.2. The molecule has 1 saturated heterocycles. The van der Waals surface area contributed by atoms with Crippen molar-refractivity contribution in [2.24, 2.45) is 5.92 Å². The van der Waals surface area contributed by atoms with Crippen molar-refractivity contribution >= 4 is 29.6 Å². The fourth-order valence-corrected chi connectivity index (χ4v) is 6.35. The molecule has 3 rings (SSSR count). The van der Waals surface area contributed by atoms with Gasteiger partial charge in [-0.3, -0.25) is 4.52 Å². The number of rotatable bonds is 13. The highest BCUT2D eigenvalue weighted by Gasteiger charge is 2.37. The van der Waals surface area contributed by atoms with Crippen molar-refractivity contribution < 1.29 is 41.6 Å². The van der Waals surface area contributed by atoms with E-state index in [-0.39, 0.29) is 30.4 Å². The third-order valence-electron chi connectivity index (χ3n) is 5.96. The Labute approximate surface area is 228 Å². The Kier molecular flexibility index (Phi) is 10.9. The van der Waals surface area contributed by atoms with Crippen molar-refractivity contribution in [1.82, 2.24) is 9.62 Å². The van der Waals surface area contributed by atoms with E-state index in [9.17, 15) is 27.6 Å². The summed E-state index contributed by atoms with van der Waals surface area (Å²) in [7, 11) is -9.26. The van der Waals surface area contributed by atoms with Gasteiger partial charge in [0.15, 0.2) is 0 Å². The number of anilines is 1. The van der Waals surface area contributed by atoms with Crippen molar-refractivity contribution in [1.29, 1.82) is 0 Å². The van der Waals surface area contributed by atoms with Crippen molar-refractivity contribution in [2.45, 2.75) is 49.8 Å². The average molecular weight is 586 g/mol. The second kappa shape index (κ2) is 13.7. The van der Waals surface area contributed by atoms with Gasteiger partial charge >= 0.3 is 13.9 Å². The minimum absolute atomic E-state index is 0.0235. The number of nitrogens with two attached hydrogens (primary N) is 1. The topological polar surface area (TPSA) is 178 Å². The Morgan fingerprint density at radius 2 is 1.82 bits per heavy atom. The van der Waals surface area contributed by atoms with Crippen LogP contribution in [-0.2, 0) is 35.0 Å². The molecular weight excluding hydrogens is 549 g/mol. The molecule has 0 saturated carbocycles. The van der Waals surface area contributed by atoms with Crippen LogP contribution in [0.4, 0.5) is 10.5 Å².